The van der Waals surface area contributed by atoms with Gasteiger partial charge in [0.1, 0.15) is 0 Å². The predicted molar refractivity (Wildman–Crippen MR) is 105 cm³/mol. The van der Waals surface area contributed by atoms with Gasteiger partial charge >= 0.3 is 0 Å². The van der Waals surface area contributed by atoms with Gasteiger partial charge in [-0.3, -0.25) is 0 Å². The highest BCUT2D eigenvalue weighted by molar-refractivity contribution is 9.10. The Morgan fingerprint density at radius 2 is 2.08 bits per heavy atom. The predicted octanol–water partition coefficient (Wildman–Crippen LogP) is 3.89. The largest absolute Gasteiger partial charge is 0.364 e. The number of nitrogens with one attached hydrogen (secondary N) is 2. The number of hydrogen-bond acceptors (Lipinski definition) is 3. The first-order chi connectivity index (χ1) is 12.3. The summed E-state index contributed by atoms with van der Waals surface area (Å²) in [4.78, 5) is 9.86. The molecule has 1 aliphatic rings. The highest BCUT2D eigenvalue weighted by Gasteiger charge is 2.24. The summed E-state index contributed by atoms with van der Waals surface area (Å²) >= 11 is 3.61. The summed E-state index contributed by atoms with van der Waals surface area (Å²) in [5.74, 6) is 0. The average molecular weight is 397 g/mol. The highest BCUT2D eigenvalue weighted by Crippen LogP contribution is 2.31. The number of aromatic nitrogens is 2. The lowest BCUT2D eigenvalue weighted by Crippen LogP contribution is -2.45. The molecule has 2 heterocycles. The number of imidazole rings is 1. The van der Waals surface area contributed by atoms with Gasteiger partial charge in [-0.25, -0.2) is 4.98 Å². The lowest BCUT2D eigenvalue weighted by molar-refractivity contribution is 0.480. The van der Waals surface area contributed by atoms with Crippen LogP contribution in [-0.2, 0) is 19.5 Å². The van der Waals surface area contributed by atoms with Gasteiger partial charge in [0.05, 0.1) is 18.6 Å². The summed E-state index contributed by atoms with van der Waals surface area (Å²) in [5.41, 5.74) is 5.07. The van der Waals surface area contributed by atoms with Crippen molar-refractivity contribution in [3.63, 3.8) is 0 Å². The summed E-state index contributed by atoms with van der Waals surface area (Å²) in [6, 6.07) is 17.6. The van der Waals surface area contributed by atoms with Crippen LogP contribution in [0.1, 0.15) is 16.8 Å². The van der Waals surface area contributed by atoms with Crippen molar-refractivity contribution in [2.24, 2.45) is 0 Å². The molecular weight excluding hydrogens is 376 g/mol. The van der Waals surface area contributed by atoms with Crippen LogP contribution in [0.2, 0.25) is 0 Å². The Morgan fingerprint density at radius 3 is 2.88 bits per heavy atom. The molecule has 4 nitrogen and oxygen atoms in total. The topological polar surface area (TPSA) is 44.0 Å². The van der Waals surface area contributed by atoms with Crippen molar-refractivity contribution in [2.45, 2.75) is 25.6 Å². The SMILES string of the molecule is Brc1ccc2c(c1)CC(NCc1ccccc1)CN2Cc1c[nH]cn1. The molecule has 0 saturated carbocycles. The maximum Gasteiger partial charge on any atom is 0.0923 e. The van der Waals surface area contributed by atoms with Gasteiger partial charge in [0, 0.05) is 35.5 Å². The maximum absolute atomic E-state index is 4.39. The second-order valence-corrected chi connectivity index (χ2v) is 7.40. The van der Waals surface area contributed by atoms with E-state index in [4.69, 9.17) is 0 Å². The molecule has 2 aromatic carbocycles. The maximum atomic E-state index is 4.39. The van der Waals surface area contributed by atoms with Gasteiger partial charge in [-0.1, -0.05) is 46.3 Å². The lowest BCUT2D eigenvalue weighted by atomic mass is 9.97. The van der Waals surface area contributed by atoms with E-state index in [2.05, 4.69) is 84.6 Å². The number of halogens is 1. The van der Waals surface area contributed by atoms with E-state index in [1.54, 1.807) is 6.33 Å². The Hall–Kier alpha value is -2.11. The van der Waals surface area contributed by atoms with Crippen LogP contribution in [0.4, 0.5) is 5.69 Å². The zero-order valence-electron chi connectivity index (χ0n) is 14.0. The molecule has 0 aliphatic carbocycles. The zero-order valence-corrected chi connectivity index (χ0v) is 15.5. The van der Waals surface area contributed by atoms with Gasteiger partial charge in [0.2, 0.25) is 0 Å². The van der Waals surface area contributed by atoms with E-state index < -0.39 is 0 Å². The molecule has 1 atom stereocenters. The molecule has 1 aromatic heterocycles. The van der Waals surface area contributed by atoms with Crippen LogP contribution in [0.3, 0.4) is 0 Å². The van der Waals surface area contributed by atoms with Gasteiger partial charge in [0.15, 0.2) is 0 Å². The molecule has 5 heteroatoms. The van der Waals surface area contributed by atoms with Crippen molar-refractivity contribution in [3.05, 3.63) is 82.3 Å². The zero-order chi connectivity index (χ0) is 17.1. The minimum Gasteiger partial charge on any atom is -0.364 e. The van der Waals surface area contributed by atoms with E-state index in [-0.39, 0.29) is 0 Å². The molecule has 0 radical (unpaired) electrons. The van der Waals surface area contributed by atoms with E-state index in [9.17, 15) is 0 Å². The fraction of sp³-hybridized carbons (Fsp3) is 0.250. The average Bonchev–Trinajstić information content (AvgIpc) is 3.13. The van der Waals surface area contributed by atoms with Gasteiger partial charge in [-0.05, 0) is 35.7 Å². The van der Waals surface area contributed by atoms with Crippen LogP contribution in [0.25, 0.3) is 0 Å². The minimum atomic E-state index is 0.418. The molecule has 0 bridgehead atoms. The second kappa shape index (κ2) is 7.42. The number of benzene rings is 2. The Morgan fingerprint density at radius 1 is 1.20 bits per heavy atom. The molecule has 0 amide bonds. The van der Waals surface area contributed by atoms with Crippen molar-refractivity contribution in [3.8, 4) is 0 Å². The van der Waals surface area contributed by atoms with Crippen LogP contribution < -0.4 is 10.2 Å². The Kier molecular flexibility index (Phi) is 4.85. The first-order valence-corrected chi connectivity index (χ1v) is 9.35. The van der Waals surface area contributed by atoms with E-state index in [1.165, 1.54) is 16.8 Å². The van der Waals surface area contributed by atoms with Crippen LogP contribution >= 0.6 is 15.9 Å². The highest BCUT2D eigenvalue weighted by atomic mass is 79.9. The van der Waals surface area contributed by atoms with Gasteiger partial charge in [0.25, 0.3) is 0 Å². The lowest BCUT2D eigenvalue weighted by Gasteiger charge is -2.36. The number of fused-ring (bicyclic) bond motifs is 1. The van der Waals surface area contributed by atoms with E-state index in [0.717, 1.165) is 36.2 Å². The second-order valence-electron chi connectivity index (χ2n) is 6.48. The molecule has 3 aromatic rings. The van der Waals surface area contributed by atoms with Crippen molar-refractivity contribution in [1.29, 1.82) is 0 Å². The van der Waals surface area contributed by atoms with Crippen LogP contribution in [0.5, 0.6) is 0 Å². The number of rotatable bonds is 5. The van der Waals surface area contributed by atoms with Crippen molar-refractivity contribution < 1.29 is 0 Å². The molecule has 0 spiro atoms. The number of H-pyrrole nitrogens is 1. The molecular formula is C20H21BrN4. The van der Waals surface area contributed by atoms with Gasteiger partial charge in [-0.2, -0.15) is 0 Å². The third-order valence-corrected chi connectivity index (χ3v) is 5.13. The van der Waals surface area contributed by atoms with E-state index in [0.29, 0.717) is 6.04 Å². The summed E-state index contributed by atoms with van der Waals surface area (Å²) in [6.45, 7) is 2.70. The third-order valence-electron chi connectivity index (χ3n) is 4.63. The van der Waals surface area contributed by atoms with Crippen molar-refractivity contribution >= 4 is 21.6 Å². The van der Waals surface area contributed by atoms with Gasteiger partial charge < -0.3 is 15.2 Å². The van der Waals surface area contributed by atoms with E-state index in [1.807, 2.05) is 6.20 Å². The molecule has 128 valence electrons. The molecule has 2 N–H and O–H groups in total. The van der Waals surface area contributed by atoms with Crippen LogP contribution in [0, 0.1) is 0 Å². The number of aromatic amines is 1. The Labute approximate surface area is 156 Å². The first-order valence-electron chi connectivity index (χ1n) is 8.56. The third kappa shape index (κ3) is 3.94. The van der Waals surface area contributed by atoms with E-state index >= 15 is 0 Å². The van der Waals surface area contributed by atoms with Crippen LogP contribution in [0.15, 0.2) is 65.5 Å². The van der Waals surface area contributed by atoms with Crippen LogP contribution in [-0.4, -0.2) is 22.6 Å². The molecule has 0 fully saturated rings. The Balaban J connectivity index is 1.52. The van der Waals surface area contributed by atoms with Crippen molar-refractivity contribution in [1.82, 2.24) is 15.3 Å². The Bertz CT molecular complexity index is 817. The van der Waals surface area contributed by atoms with Crippen molar-refractivity contribution in [2.75, 3.05) is 11.4 Å². The monoisotopic (exact) mass is 396 g/mol. The quantitative estimate of drug-likeness (QED) is 0.687. The summed E-state index contributed by atoms with van der Waals surface area (Å²) in [5, 5.41) is 3.72. The molecule has 0 saturated heterocycles. The molecule has 1 aliphatic heterocycles. The normalized spacial score (nSPS) is 16.7. The molecule has 25 heavy (non-hydrogen) atoms. The summed E-state index contributed by atoms with van der Waals surface area (Å²) in [7, 11) is 0. The molecule has 4 rings (SSSR count). The van der Waals surface area contributed by atoms with Gasteiger partial charge in [-0.15, -0.1) is 0 Å². The fourth-order valence-electron chi connectivity index (χ4n) is 3.44. The minimum absolute atomic E-state index is 0.418. The smallest absolute Gasteiger partial charge is 0.0923 e. The summed E-state index contributed by atoms with van der Waals surface area (Å²) < 4.78 is 1.13. The molecule has 1 unspecified atom stereocenters. The summed E-state index contributed by atoms with van der Waals surface area (Å²) in [6.07, 6.45) is 4.76. The number of nitrogens with zero attached hydrogens (tertiary/aromatic N) is 2. The number of hydrogen-bond donors (Lipinski definition) is 2. The standard InChI is InChI=1S/C20H21BrN4/c21-17-6-7-20-16(8-17)9-18(23-10-15-4-2-1-3-5-15)12-25(20)13-19-11-22-14-24-19/h1-8,11,14,18,23H,9-10,12-13H2,(H,22,24). The first kappa shape index (κ1) is 16.4. The fourth-order valence-corrected chi connectivity index (χ4v) is 3.85. The number of anilines is 1.